The number of hydrogen-bond donors (Lipinski definition) is 1. The number of thioether (sulfide) groups is 1. The van der Waals surface area contributed by atoms with Crippen LogP contribution in [0.2, 0.25) is 0 Å². The van der Waals surface area contributed by atoms with Crippen molar-refractivity contribution in [2.75, 3.05) is 17.6 Å². The van der Waals surface area contributed by atoms with Crippen molar-refractivity contribution >= 4 is 39.3 Å². The summed E-state index contributed by atoms with van der Waals surface area (Å²) in [5, 5.41) is 5.66. The molecule has 0 bridgehead atoms. The van der Waals surface area contributed by atoms with Crippen LogP contribution in [0.15, 0.2) is 11.1 Å². The highest BCUT2D eigenvalue weighted by atomic mass is 32.2. The van der Waals surface area contributed by atoms with Crippen molar-refractivity contribution in [2.24, 2.45) is 5.92 Å². The Balaban J connectivity index is 2.35. The first-order chi connectivity index (χ1) is 9.63. The maximum atomic E-state index is 4.71. The minimum Gasteiger partial charge on any atom is -0.354 e. The van der Waals surface area contributed by atoms with Gasteiger partial charge in [0.2, 0.25) is 5.95 Å². The summed E-state index contributed by atoms with van der Waals surface area (Å²) in [4.78, 5) is 11.9. The molecule has 2 aromatic heterocycles. The highest BCUT2D eigenvalue weighted by Gasteiger charge is 2.12. The lowest BCUT2D eigenvalue weighted by molar-refractivity contribution is 0.749. The Morgan fingerprint density at radius 1 is 1.30 bits per heavy atom. The summed E-state index contributed by atoms with van der Waals surface area (Å²) in [7, 11) is 0. The van der Waals surface area contributed by atoms with Crippen molar-refractivity contribution in [3.05, 3.63) is 10.9 Å². The third-order valence-electron chi connectivity index (χ3n) is 2.84. The van der Waals surface area contributed by atoms with Gasteiger partial charge in [0.1, 0.15) is 9.86 Å². The number of aromatic nitrogens is 2. The predicted molar refractivity (Wildman–Crippen MR) is 91.1 cm³/mol. The maximum Gasteiger partial charge on any atom is 0.225 e. The van der Waals surface area contributed by atoms with E-state index < -0.39 is 0 Å². The molecule has 0 aromatic carbocycles. The van der Waals surface area contributed by atoms with Gasteiger partial charge in [-0.25, -0.2) is 9.97 Å². The van der Waals surface area contributed by atoms with E-state index in [1.807, 2.05) is 11.8 Å². The Hall–Kier alpha value is -0.810. The average Bonchev–Trinajstić information content (AvgIpc) is 2.85. The number of anilines is 1. The number of thiophene rings is 1. The molecule has 0 aliphatic carbocycles. The van der Waals surface area contributed by atoms with Gasteiger partial charge in [0.05, 0.1) is 0 Å². The van der Waals surface area contributed by atoms with E-state index in [1.165, 1.54) is 10.3 Å². The fourth-order valence-corrected chi connectivity index (χ4v) is 3.78. The lowest BCUT2D eigenvalue weighted by Crippen LogP contribution is -2.05. The Kier molecular flexibility index (Phi) is 5.66. The molecule has 0 saturated carbocycles. The van der Waals surface area contributed by atoms with Crippen LogP contribution in [0.25, 0.3) is 10.2 Å². The van der Waals surface area contributed by atoms with Gasteiger partial charge in [-0.3, -0.25) is 0 Å². The van der Waals surface area contributed by atoms with E-state index in [4.69, 9.17) is 4.98 Å². The van der Waals surface area contributed by atoms with Gasteiger partial charge >= 0.3 is 0 Å². The van der Waals surface area contributed by atoms with Crippen molar-refractivity contribution in [1.29, 1.82) is 0 Å². The first-order valence-electron chi connectivity index (χ1n) is 7.31. The number of fused-ring (bicyclic) bond motifs is 1. The summed E-state index contributed by atoms with van der Waals surface area (Å²) >= 11 is 3.63. The second-order valence-electron chi connectivity index (χ2n) is 5.27. The minimum absolute atomic E-state index is 0.668. The lowest BCUT2D eigenvalue weighted by atomic mass is 10.3. The zero-order chi connectivity index (χ0) is 14.5. The van der Waals surface area contributed by atoms with Crippen molar-refractivity contribution in [3.8, 4) is 0 Å². The molecule has 20 heavy (non-hydrogen) atoms. The van der Waals surface area contributed by atoms with Gasteiger partial charge in [-0.15, -0.1) is 23.1 Å². The van der Waals surface area contributed by atoms with Crippen LogP contribution in [0.3, 0.4) is 0 Å². The van der Waals surface area contributed by atoms with Crippen molar-refractivity contribution in [2.45, 2.75) is 45.6 Å². The van der Waals surface area contributed by atoms with Gasteiger partial charge in [-0.1, -0.05) is 27.7 Å². The molecule has 0 fully saturated rings. The van der Waals surface area contributed by atoms with E-state index in [2.05, 4.69) is 44.1 Å². The number of rotatable bonds is 7. The lowest BCUT2D eigenvalue weighted by Gasteiger charge is -2.08. The quantitative estimate of drug-likeness (QED) is 0.587. The van der Waals surface area contributed by atoms with E-state index in [0.717, 1.165) is 40.9 Å². The molecule has 0 spiro atoms. The zero-order valence-corrected chi connectivity index (χ0v) is 14.3. The van der Waals surface area contributed by atoms with E-state index in [9.17, 15) is 0 Å². The van der Waals surface area contributed by atoms with Gasteiger partial charge < -0.3 is 5.32 Å². The van der Waals surface area contributed by atoms with Crippen LogP contribution < -0.4 is 5.32 Å². The highest BCUT2D eigenvalue weighted by molar-refractivity contribution is 7.99. The van der Waals surface area contributed by atoms with Crippen molar-refractivity contribution in [3.63, 3.8) is 0 Å². The monoisotopic (exact) mass is 309 g/mol. The van der Waals surface area contributed by atoms with Gasteiger partial charge in [0.25, 0.3) is 0 Å². The molecule has 0 radical (unpaired) electrons. The van der Waals surface area contributed by atoms with E-state index >= 15 is 0 Å². The van der Waals surface area contributed by atoms with Crippen LogP contribution in [-0.2, 0) is 6.42 Å². The Bertz CT molecular complexity index is 563. The predicted octanol–water partition coefficient (Wildman–Crippen LogP) is 4.82. The second kappa shape index (κ2) is 7.27. The topological polar surface area (TPSA) is 37.8 Å². The smallest absolute Gasteiger partial charge is 0.225 e. The summed E-state index contributed by atoms with van der Waals surface area (Å²) in [5.74, 6) is 2.54. The molecule has 0 unspecified atom stereocenters. The molecule has 3 nitrogen and oxygen atoms in total. The Labute approximate surface area is 129 Å². The van der Waals surface area contributed by atoms with Gasteiger partial charge in [-0.2, -0.15) is 0 Å². The summed E-state index contributed by atoms with van der Waals surface area (Å²) in [5.41, 5.74) is 0. The van der Waals surface area contributed by atoms with Gasteiger partial charge in [-0.05, 0) is 24.8 Å². The fraction of sp³-hybridized carbons (Fsp3) is 0.600. The van der Waals surface area contributed by atoms with Crippen LogP contribution in [0.1, 0.15) is 39.0 Å². The number of nitrogens with one attached hydrogen (secondary N) is 1. The molecular weight excluding hydrogens is 286 g/mol. The highest BCUT2D eigenvalue weighted by Crippen LogP contribution is 2.33. The molecule has 5 heteroatoms. The van der Waals surface area contributed by atoms with Crippen LogP contribution in [0, 0.1) is 5.92 Å². The molecule has 2 aromatic rings. The minimum atomic E-state index is 0.668. The molecule has 2 heterocycles. The first kappa shape index (κ1) is 15.6. The van der Waals surface area contributed by atoms with Crippen LogP contribution in [0.4, 0.5) is 5.95 Å². The van der Waals surface area contributed by atoms with Crippen LogP contribution in [0.5, 0.6) is 0 Å². The SMILES string of the molecule is CCCNc1nc(SCC(C)C)c2cc(CC)sc2n1. The zero-order valence-electron chi connectivity index (χ0n) is 12.7. The molecule has 1 N–H and O–H groups in total. The number of nitrogens with zero attached hydrogens (tertiary/aromatic N) is 2. The molecule has 0 aliphatic heterocycles. The number of hydrogen-bond acceptors (Lipinski definition) is 5. The average molecular weight is 310 g/mol. The van der Waals surface area contributed by atoms with Crippen LogP contribution in [-0.4, -0.2) is 22.3 Å². The largest absolute Gasteiger partial charge is 0.354 e. The standard InChI is InChI=1S/C15H23N3S2/c1-5-7-16-15-17-13(19-9-10(3)4)12-8-11(6-2)20-14(12)18-15/h8,10H,5-7,9H2,1-4H3,(H,16,17,18). The first-order valence-corrected chi connectivity index (χ1v) is 9.11. The van der Waals surface area contributed by atoms with E-state index in [0.29, 0.717) is 5.92 Å². The Morgan fingerprint density at radius 3 is 2.75 bits per heavy atom. The van der Waals surface area contributed by atoms with Crippen molar-refractivity contribution < 1.29 is 0 Å². The summed E-state index contributed by atoms with van der Waals surface area (Å²) in [6.45, 7) is 9.75. The number of aryl methyl sites for hydroxylation is 1. The molecule has 0 aliphatic rings. The van der Waals surface area contributed by atoms with Gasteiger partial charge in [0, 0.05) is 22.6 Å². The normalized spacial score (nSPS) is 11.4. The molecular formula is C15H23N3S2. The molecule has 0 saturated heterocycles. The van der Waals surface area contributed by atoms with E-state index in [-0.39, 0.29) is 0 Å². The van der Waals surface area contributed by atoms with E-state index in [1.54, 1.807) is 11.3 Å². The third-order valence-corrected chi connectivity index (χ3v) is 5.43. The maximum absolute atomic E-state index is 4.71. The summed E-state index contributed by atoms with van der Waals surface area (Å²) in [6, 6.07) is 2.26. The second-order valence-corrected chi connectivity index (χ2v) is 7.39. The molecule has 110 valence electrons. The third kappa shape index (κ3) is 3.85. The van der Waals surface area contributed by atoms with Crippen LogP contribution >= 0.6 is 23.1 Å². The van der Waals surface area contributed by atoms with Gasteiger partial charge in [0.15, 0.2) is 0 Å². The fourth-order valence-electron chi connectivity index (χ4n) is 1.79. The molecule has 2 rings (SSSR count). The molecule has 0 amide bonds. The summed E-state index contributed by atoms with van der Waals surface area (Å²) < 4.78 is 0. The molecule has 0 atom stereocenters. The van der Waals surface area contributed by atoms with Crippen molar-refractivity contribution in [1.82, 2.24) is 9.97 Å². The summed E-state index contributed by atoms with van der Waals surface area (Å²) in [6.07, 6.45) is 2.15. The Morgan fingerprint density at radius 2 is 2.10 bits per heavy atom.